The van der Waals surface area contributed by atoms with Gasteiger partial charge in [0.15, 0.2) is 6.04 Å². The average Bonchev–Trinajstić information content (AvgIpc) is 2.29. The molecular formula is C11H12ClIN2O4. The Morgan fingerprint density at radius 3 is 2.53 bits per heavy atom. The number of hydrogen-bond acceptors (Lipinski definition) is 3. The van der Waals surface area contributed by atoms with Crippen molar-refractivity contribution in [1.82, 2.24) is 5.32 Å². The van der Waals surface area contributed by atoms with E-state index in [0.717, 1.165) is 0 Å². The van der Waals surface area contributed by atoms with Gasteiger partial charge in [0.1, 0.15) is 0 Å². The number of aliphatic carboxylic acids is 1. The van der Waals surface area contributed by atoms with Crippen LogP contribution in [0, 0.1) is 3.57 Å². The summed E-state index contributed by atoms with van der Waals surface area (Å²) in [4.78, 5) is 22.5. The molecule has 4 N–H and O–H groups in total. The lowest BCUT2D eigenvalue weighted by Gasteiger charge is -2.17. The van der Waals surface area contributed by atoms with E-state index < -0.39 is 24.1 Å². The molecule has 0 spiro atoms. The predicted molar refractivity (Wildman–Crippen MR) is 79.4 cm³/mol. The molecule has 8 heteroatoms. The Balaban J connectivity index is 2.72. The molecule has 1 aromatic carbocycles. The van der Waals surface area contributed by atoms with Crippen molar-refractivity contribution >= 4 is 51.9 Å². The fraction of sp³-hybridized carbons (Fsp3) is 0.273. The summed E-state index contributed by atoms with van der Waals surface area (Å²) >= 11 is 7.76. The second kappa shape index (κ2) is 6.92. The van der Waals surface area contributed by atoms with Gasteiger partial charge in [-0.25, -0.2) is 9.59 Å². The molecule has 104 valence electrons. The van der Waals surface area contributed by atoms with Crippen LogP contribution >= 0.6 is 34.2 Å². The van der Waals surface area contributed by atoms with Crippen molar-refractivity contribution < 1.29 is 19.8 Å². The van der Waals surface area contributed by atoms with Crippen LogP contribution in [0.25, 0.3) is 0 Å². The normalized spacial score (nSPS) is 13.5. The highest BCUT2D eigenvalue weighted by Gasteiger charge is 2.25. The van der Waals surface area contributed by atoms with Gasteiger partial charge >= 0.3 is 12.0 Å². The van der Waals surface area contributed by atoms with Crippen LogP contribution in [0.2, 0.25) is 5.02 Å². The molecule has 0 unspecified atom stereocenters. The van der Waals surface area contributed by atoms with E-state index in [9.17, 15) is 14.7 Å². The third-order valence-electron chi connectivity index (χ3n) is 2.21. The molecule has 6 nitrogen and oxygen atoms in total. The molecule has 0 radical (unpaired) electrons. The molecule has 0 heterocycles. The van der Waals surface area contributed by atoms with Crippen molar-refractivity contribution in [2.75, 3.05) is 5.32 Å². The van der Waals surface area contributed by atoms with Gasteiger partial charge in [0.05, 0.1) is 11.8 Å². The summed E-state index contributed by atoms with van der Waals surface area (Å²) < 4.78 is 0.712. The molecule has 0 aliphatic carbocycles. The summed E-state index contributed by atoms with van der Waals surface area (Å²) in [6.07, 6.45) is -1.20. The largest absolute Gasteiger partial charge is 0.480 e. The number of rotatable bonds is 4. The molecule has 0 saturated heterocycles. The number of aliphatic hydroxyl groups is 1. The monoisotopic (exact) mass is 398 g/mol. The fourth-order valence-corrected chi connectivity index (χ4v) is 2.29. The fourth-order valence-electron chi connectivity index (χ4n) is 1.28. The highest BCUT2D eigenvalue weighted by Crippen LogP contribution is 2.22. The topological polar surface area (TPSA) is 98.7 Å². The van der Waals surface area contributed by atoms with Crippen molar-refractivity contribution in [3.05, 3.63) is 26.8 Å². The van der Waals surface area contributed by atoms with E-state index in [0.29, 0.717) is 14.3 Å². The first-order valence-electron chi connectivity index (χ1n) is 5.24. The Kier molecular flexibility index (Phi) is 5.83. The quantitative estimate of drug-likeness (QED) is 0.582. The number of carboxylic acid groups (broad SMARTS) is 1. The summed E-state index contributed by atoms with van der Waals surface area (Å²) in [7, 11) is 0. The standard InChI is InChI=1S/C11H12ClIN2O4/c1-5(16)9(10(17)18)15-11(19)14-8-3-2-6(12)4-7(8)13/h2-5,9,16H,1H3,(H,17,18)(H2,14,15,19)/t5-,9+/m1/s1. The highest BCUT2D eigenvalue weighted by molar-refractivity contribution is 14.1. The zero-order chi connectivity index (χ0) is 14.6. The van der Waals surface area contributed by atoms with Gasteiger partial charge in [-0.2, -0.15) is 0 Å². The summed E-state index contributed by atoms with van der Waals surface area (Å²) in [5, 5.41) is 23.3. The number of anilines is 1. The van der Waals surface area contributed by atoms with E-state index in [1.165, 1.54) is 6.92 Å². The minimum atomic E-state index is -1.37. The Bertz CT molecular complexity index is 496. The number of aliphatic hydroxyl groups excluding tert-OH is 1. The number of halogens is 2. The lowest BCUT2D eigenvalue weighted by molar-refractivity contribution is -0.141. The number of carbonyl (C=O) groups excluding carboxylic acids is 1. The molecule has 1 rings (SSSR count). The maximum Gasteiger partial charge on any atom is 0.328 e. The molecule has 0 aliphatic heterocycles. The Hall–Kier alpha value is -1.06. The zero-order valence-electron chi connectivity index (χ0n) is 9.85. The van der Waals surface area contributed by atoms with Gasteiger partial charge in [-0.15, -0.1) is 0 Å². The minimum absolute atomic E-state index is 0.497. The minimum Gasteiger partial charge on any atom is -0.480 e. The van der Waals surface area contributed by atoms with Crippen LogP contribution in [0.5, 0.6) is 0 Å². The molecule has 2 atom stereocenters. The van der Waals surface area contributed by atoms with E-state index >= 15 is 0 Å². The van der Waals surface area contributed by atoms with Crippen molar-refractivity contribution in [1.29, 1.82) is 0 Å². The maximum atomic E-state index is 11.6. The van der Waals surface area contributed by atoms with Gasteiger partial charge < -0.3 is 20.8 Å². The van der Waals surface area contributed by atoms with Gasteiger partial charge in [-0.3, -0.25) is 0 Å². The van der Waals surface area contributed by atoms with Crippen LogP contribution in [-0.4, -0.2) is 34.4 Å². The summed E-state index contributed by atoms with van der Waals surface area (Å²) in [5.74, 6) is -1.31. The third-order valence-corrected chi connectivity index (χ3v) is 3.34. The third kappa shape index (κ3) is 4.84. The van der Waals surface area contributed by atoms with Crippen LogP contribution < -0.4 is 10.6 Å². The second-order valence-electron chi connectivity index (χ2n) is 3.78. The molecule has 0 bridgehead atoms. The number of hydrogen-bond donors (Lipinski definition) is 4. The van der Waals surface area contributed by atoms with Crippen molar-refractivity contribution in [2.24, 2.45) is 0 Å². The molecule has 0 aliphatic rings. The first kappa shape index (κ1) is 16.0. The Morgan fingerprint density at radius 1 is 1.42 bits per heavy atom. The zero-order valence-corrected chi connectivity index (χ0v) is 12.8. The smallest absolute Gasteiger partial charge is 0.328 e. The number of benzene rings is 1. The van der Waals surface area contributed by atoms with Crippen molar-refractivity contribution in [3.8, 4) is 0 Å². The van der Waals surface area contributed by atoms with Crippen LogP contribution in [-0.2, 0) is 4.79 Å². The molecule has 0 saturated carbocycles. The number of nitrogens with one attached hydrogen (secondary N) is 2. The summed E-state index contributed by atoms with van der Waals surface area (Å²) in [6, 6.07) is 2.77. The van der Waals surface area contributed by atoms with E-state index in [4.69, 9.17) is 16.7 Å². The first-order chi connectivity index (χ1) is 8.81. The molecule has 0 fully saturated rings. The maximum absolute atomic E-state index is 11.6. The van der Waals surface area contributed by atoms with Gasteiger partial charge in [0, 0.05) is 8.59 Å². The van der Waals surface area contributed by atoms with Crippen LogP contribution in [0.4, 0.5) is 10.5 Å². The first-order valence-corrected chi connectivity index (χ1v) is 6.70. The van der Waals surface area contributed by atoms with Crippen LogP contribution in [0.1, 0.15) is 6.92 Å². The molecule has 1 aromatic rings. The summed E-state index contributed by atoms with van der Waals surface area (Å²) in [6.45, 7) is 1.28. The SMILES string of the molecule is C[C@@H](O)[C@H](NC(=O)Nc1ccc(Cl)cc1I)C(=O)O. The summed E-state index contributed by atoms with van der Waals surface area (Å²) in [5.41, 5.74) is 0.497. The Morgan fingerprint density at radius 2 is 2.05 bits per heavy atom. The van der Waals surface area contributed by atoms with Gasteiger partial charge in [0.25, 0.3) is 0 Å². The molecular weight excluding hydrogens is 386 g/mol. The van der Waals surface area contributed by atoms with Crippen molar-refractivity contribution in [3.63, 3.8) is 0 Å². The van der Waals surface area contributed by atoms with Crippen LogP contribution in [0.15, 0.2) is 18.2 Å². The van der Waals surface area contributed by atoms with Gasteiger partial charge in [-0.05, 0) is 47.7 Å². The predicted octanol–water partition coefficient (Wildman–Crippen LogP) is 1.90. The average molecular weight is 399 g/mol. The van der Waals surface area contributed by atoms with Crippen LogP contribution in [0.3, 0.4) is 0 Å². The van der Waals surface area contributed by atoms with E-state index in [2.05, 4.69) is 10.6 Å². The molecule has 2 amide bonds. The van der Waals surface area contributed by atoms with E-state index in [1.54, 1.807) is 18.2 Å². The van der Waals surface area contributed by atoms with E-state index in [-0.39, 0.29) is 0 Å². The lowest BCUT2D eigenvalue weighted by Crippen LogP contribution is -2.49. The lowest BCUT2D eigenvalue weighted by atomic mass is 10.2. The van der Waals surface area contributed by atoms with Gasteiger partial charge in [-0.1, -0.05) is 11.6 Å². The Labute approximate surface area is 128 Å². The second-order valence-corrected chi connectivity index (χ2v) is 5.38. The number of carbonyl (C=O) groups is 2. The van der Waals surface area contributed by atoms with E-state index in [1.807, 2.05) is 22.6 Å². The number of carboxylic acids is 1. The van der Waals surface area contributed by atoms with Gasteiger partial charge in [0.2, 0.25) is 0 Å². The number of urea groups is 1. The van der Waals surface area contributed by atoms with Crippen molar-refractivity contribution in [2.45, 2.75) is 19.1 Å². The molecule has 0 aromatic heterocycles. The molecule has 19 heavy (non-hydrogen) atoms. The number of amides is 2. The highest BCUT2D eigenvalue weighted by atomic mass is 127.